The van der Waals surface area contributed by atoms with Crippen LogP contribution in [0.25, 0.3) is 0 Å². The molecule has 10 heavy (non-hydrogen) atoms. The van der Waals surface area contributed by atoms with E-state index in [4.69, 9.17) is 5.73 Å². The highest BCUT2D eigenvalue weighted by atomic mass is 14.9. The zero-order valence-electron chi connectivity index (χ0n) is 7.52. The Morgan fingerprint density at radius 3 is 2.00 bits per heavy atom. The van der Waals surface area contributed by atoms with Gasteiger partial charge in [-0.1, -0.05) is 13.8 Å². The van der Waals surface area contributed by atoms with E-state index in [1.807, 2.05) is 6.92 Å². The van der Waals surface area contributed by atoms with Crippen LogP contribution in [-0.2, 0) is 0 Å². The second-order valence-electron chi connectivity index (χ2n) is 3.44. The maximum absolute atomic E-state index is 5.63. The van der Waals surface area contributed by atoms with Crippen molar-refractivity contribution in [2.24, 2.45) is 5.73 Å². The molecule has 62 valence electrons. The van der Waals surface area contributed by atoms with Gasteiger partial charge in [0, 0.05) is 18.1 Å². The first-order chi connectivity index (χ1) is 4.52. The number of nitrogens with one attached hydrogen (secondary N) is 1. The van der Waals surface area contributed by atoms with Crippen molar-refractivity contribution >= 4 is 0 Å². The van der Waals surface area contributed by atoms with Gasteiger partial charge in [0.1, 0.15) is 0 Å². The van der Waals surface area contributed by atoms with Crippen LogP contribution in [0, 0.1) is 0 Å². The Hall–Kier alpha value is -0.0800. The van der Waals surface area contributed by atoms with E-state index in [-0.39, 0.29) is 0 Å². The maximum atomic E-state index is 5.63. The van der Waals surface area contributed by atoms with Crippen molar-refractivity contribution in [1.29, 1.82) is 0 Å². The standard InChI is InChI=1S/C8H20N2/c1-6(2)10-8(4)5-7(3)9/h6-8,10H,5,9H2,1-4H3/t7-,8-/m0/s1. The maximum Gasteiger partial charge on any atom is 0.00557 e. The van der Waals surface area contributed by atoms with E-state index >= 15 is 0 Å². The van der Waals surface area contributed by atoms with E-state index in [1.54, 1.807) is 0 Å². The minimum Gasteiger partial charge on any atom is -0.328 e. The van der Waals surface area contributed by atoms with Crippen LogP contribution < -0.4 is 11.1 Å². The quantitative estimate of drug-likeness (QED) is 0.620. The summed E-state index contributed by atoms with van der Waals surface area (Å²) in [7, 11) is 0. The highest BCUT2D eigenvalue weighted by molar-refractivity contribution is 4.68. The molecule has 0 saturated heterocycles. The Kier molecular flexibility index (Phi) is 4.65. The Morgan fingerprint density at radius 2 is 1.70 bits per heavy atom. The smallest absolute Gasteiger partial charge is 0.00557 e. The van der Waals surface area contributed by atoms with Gasteiger partial charge in [0.2, 0.25) is 0 Å². The molecule has 0 aromatic rings. The lowest BCUT2D eigenvalue weighted by molar-refractivity contribution is 0.440. The molecule has 0 rings (SSSR count). The summed E-state index contributed by atoms with van der Waals surface area (Å²) < 4.78 is 0. The topological polar surface area (TPSA) is 38.0 Å². The molecule has 2 heteroatoms. The molecule has 0 aromatic carbocycles. The molecule has 2 atom stereocenters. The van der Waals surface area contributed by atoms with Gasteiger partial charge in [0.05, 0.1) is 0 Å². The minimum absolute atomic E-state index is 0.307. The third-order valence-electron chi connectivity index (χ3n) is 1.34. The molecule has 2 nitrogen and oxygen atoms in total. The lowest BCUT2D eigenvalue weighted by Gasteiger charge is -2.18. The highest BCUT2D eigenvalue weighted by Crippen LogP contribution is 1.95. The first-order valence-corrected chi connectivity index (χ1v) is 4.04. The average molecular weight is 144 g/mol. The third-order valence-corrected chi connectivity index (χ3v) is 1.34. The molecular weight excluding hydrogens is 124 g/mol. The van der Waals surface area contributed by atoms with Crippen molar-refractivity contribution in [2.75, 3.05) is 0 Å². The van der Waals surface area contributed by atoms with Crippen molar-refractivity contribution in [2.45, 2.75) is 52.2 Å². The summed E-state index contributed by atoms with van der Waals surface area (Å²) in [4.78, 5) is 0. The van der Waals surface area contributed by atoms with Crippen LogP contribution in [0.3, 0.4) is 0 Å². The van der Waals surface area contributed by atoms with Crippen LogP contribution in [0.2, 0.25) is 0 Å². The van der Waals surface area contributed by atoms with Crippen LogP contribution in [-0.4, -0.2) is 18.1 Å². The van der Waals surface area contributed by atoms with Gasteiger partial charge in [-0.05, 0) is 20.3 Å². The Balaban J connectivity index is 3.34. The summed E-state index contributed by atoms with van der Waals surface area (Å²) in [6, 6.07) is 1.41. The van der Waals surface area contributed by atoms with Gasteiger partial charge in [-0.15, -0.1) is 0 Å². The Bertz CT molecular complexity index is 69.3. The summed E-state index contributed by atoms with van der Waals surface area (Å²) >= 11 is 0. The number of hydrogen-bond donors (Lipinski definition) is 2. The van der Waals surface area contributed by atoms with Crippen molar-refractivity contribution < 1.29 is 0 Å². The minimum atomic E-state index is 0.307. The third kappa shape index (κ3) is 6.05. The normalized spacial score (nSPS) is 17.4. The van der Waals surface area contributed by atoms with Crippen LogP contribution >= 0.6 is 0 Å². The number of nitrogens with two attached hydrogens (primary N) is 1. The number of rotatable bonds is 4. The van der Waals surface area contributed by atoms with E-state index < -0.39 is 0 Å². The summed E-state index contributed by atoms with van der Waals surface area (Å²) in [5.41, 5.74) is 5.63. The molecule has 0 amide bonds. The zero-order valence-corrected chi connectivity index (χ0v) is 7.52. The van der Waals surface area contributed by atoms with Gasteiger partial charge in [-0.2, -0.15) is 0 Å². The molecule has 3 N–H and O–H groups in total. The first kappa shape index (κ1) is 9.92. The molecule has 0 aromatic heterocycles. The predicted octanol–water partition coefficient (Wildman–Crippen LogP) is 1.11. The molecule has 0 aliphatic carbocycles. The van der Waals surface area contributed by atoms with Gasteiger partial charge in [0.15, 0.2) is 0 Å². The summed E-state index contributed by atoms with van der Waals surface area (Å²) in [6.07, 6.45) is 1.05. The fraction of sp³-hybridized carbons (Fsp3) is 1.00. The largest absolute Gasteiger partial charge is 0.328 e. The van der Waals surface area contributed by atoms with Crippen LogP contribution in [0.5, 0.6) is 0 Å². The van der Waals surface area contributed by atoms with Crippen molar-refractivity contribution in [1.82, 2.24) is 5.32 Å². The van der Waals surface area contributed by atoms with Gasteiger partial charge in [0.25, 0.3) is 0 Å². The lowest BCUT2D eigenvalue weighted by Crippen LogP contribution is -2.36. The first-order valence-electron chi connectivity index (χ1n) is 4.04. The van der Waals surface area contributed by atoms with E-state index in [0.29, 0.717) is 18.1 Å². The van der Waals surface area contributed by atoms with Gasteiger partial charge >= 0.3 is 0 Å². The SMILES string of the molecule is CC(C)N[C@@H](C)C[C@H](C)N. The molecule has 0 aliphatic heterocycles. The molecule has 0 aliphatic rings. The van der Waals surface area contributed by atoms with E-state index in [2.05, 4.69) is 26.1 Å². The van der Waals surface area contributed by atoms with Gasteiger partial charge in [-0.3, -0.25) is 0 Å². The van der Waals surface area contributed by atoms with Crippen molar-refractivity contribution in [3.63, 3.8) is 0 Å². The summed E-state index contributed by atoms with van der Waals surface area (Å²) in [6.45, 7) is 8.51. The predicted molar refractivity (Wildman–Crippen MR) is 46.0 cm³/mol. The van der Waals surface area contributed by atoms with Crippen molar-refractivity contribution in [3.8, 4) is 0 Å². The van der Waals surface area contributed by atoms with E-state index in [0.717, 1.165) is 6.42 Å². The molecule has 0 spiro atoms. The lowest BCUT2D eigenvalue weighted by atomic mass is 10.1. The van der Waals surface area contributed by atoms with Crippen LogP contribution in [0.4, 0.5) is 0 Å². The van der Waals surface area contributed by atoms with Crippen LogP contribution in [0.1, 0.15) is 34.1 Å². The summed E-state index contributed by atoms with van der Waals surface area (Å²) in [5.74, 6) is 0. The number of hydrogen-bond acceptors (Lipinski definition) is 2. The molecule has 0 fully saturated rings. The van der Waals surface area contributed by atoms with Crippen molar-refractivity contribution in [3.05, 3.63) is 0 Å². The zero-order chi connectivity index (χ0) is 8.15. The average Bonchev–Trinajstić information content (AvgIpc) is 1.58. The van der Waals surface area contributed by atoms with Gasteiger partial charge < -0.3 is 11.1 Å². The Morgan fingerprint density at radius 1 is 1.20 bits per heavy atom. The van der Waals surface area contributed by atoms with E-state index in [1.165, 1.54) is 0 Å². The van der Waals surface area contributed by atoms with E-state index in [9.17, 15) is 0 Å². The fourth-order valence-corrected chi connectivity index (χ4v) is 1.19. The Labute approximate surface area is 64.2 Å². The molecule has 0 unspecified atom stereocenters. The molecule has 0 saturated carbocycles. The van der Waals surface area contributed by atoms with Crippen LogP contribution in [0.15, 0.2) is 0 Å². The van der Waals surface area contributed by atoms with Gasteiger partial charge in [-0.25, -0.2) is 0 Å². The molecule has 0 bridgehead atoms. The fourth-order valence-electron chi connectivity index (χ4n) is 1.19. The molecule has 0 heterocycles. The summed E-state index contributed by atoms with van der Waals surface area (Å²) in [5, 5.41) is 3.39. The highest BCUT2D eigenvalue weighted by Gasteiger charge is 2.04. The monoisotopic (exact) mass is 144 g/mol. The molecule has 0 radical (unpaired) electrons. The molecular formula is C8H20N2. The second-order valence-corrected chi connectivity index (χ2v) is 3.44. The second kappa shape index (κ2) is 4.69.